The van der Waals surface area contributed by atoms with Gasteiger partial charge in [0.2, 0.25) is 0 Å². The summed E-state index contributed by atoms with van der Waals surface area (Å²) in [7, 11) is 0. The van der Waals surface area contributed by atoms with E-state index in [1.165, 1.54) is 21.8 Å². The Morgan fingerprint density at radius 2 is 2.53 bits per heavy atom. The van der Waals surface area contributed by atoms with Gasteiger partial charge in [-0.05, 0) is 0 Å². The smallest absolute Gasteiger partial charge is 0.258 e. The highest BCUT2D eigenvalue weighted by molar-refractivity contribution is 7.15. The largest absolute Gasteiger partial charge is 0.301 e. The standard InChI is InChI=1S/C10H9N3OS/c1-2-3-11-7-8-6-9(14)13-4-5-15-10(13)12-8/h1,4-6,11H,3,7H2. The van der Waals surface area contributed by atoms with E-state index < -0.39 is 0 Å². The van der Waals surface area contributed by atoms with Crippen LogP contribution in [0, 0.1) is 12.3 Å². The summed E-state index contributed by atoms with van der Waals surface area (Å²) < 4.78 is 1.52. The Hall–Kier alpha value is -1.64. The molecular weight excluding hydrogens is 210 g/mol. The number of terminal acetylenes is 1. The minimum atomic E-state index is -0.0567. The van der Waals surface area contributed by atoms with Crippen molar-refractivity contribution in [2.75, 3.05) is 6.54 Å². The van der Waals surface area contributed by atoms with Crippen LogP contribution in [0.5, 0.6) is 0 Å². The van der Waals surface area contributed by atoms with Gasteiger partial charge in [-0.2, -0.15) is 0 Å². The minimum Gasteiger partial charge on any atom is -0.301 e. The van der Waals surface area contributed by atoms with Crippen molar-refractivity contribution in [3.63, 3.8) is 0 Å². The van der Waals surface area contributed by atoms with Crippen LogP contribution >= 0.6 is 11.3 Å². The van der Waals surface area contributed by atoms with Crippen molar-refractivity contribution >= 4 is 16.3 Å². The van der Waals surface area contributed by atoms with E-state index in [0.717, 1.165) is 5.69 Å². The van der Waals surface area contributed by atoms with E-state index in [1.54, 1.807) is 6.20 Å². The van der Waals surface area contributed by atoms with Crippen LogP contribution in [0.3, 0.4) is 0 Å². The maximum absolute atomic E-state index is 11.6. The lowest BCUT2D eigenvalue weighted by Gasteiger charge is -2.00. The molecule has 0 amide bonds. The fourth-order valence-corrected chi connectivity index (χ4v) is 1.98. The zero-order valence-corrected chi connectivity index (χ0v) is 8.75. The predicted octanol–water partition coefficient (Wildman–Crippen LogP) is 0.479. The monoisotopic (exact) mass is 219 g/mol. The Morgan fingerprint density at radius 1 is 1.67 bits per heavy atom. The highest BCUT2D eigenvalue weighted by Gasteiger charge is 2.01. The lowest BCUT2D eigenvalue weighted by atomic mass is 10.4. The normalized spacial score (nSPS) is 10.3. The van der Waals surface area contributed by atoms with Crippen molar-refractivity contribution in [3.8, 4) is 12.3 Å². The molecule has 4 nitrogen and oxygen atoms in total. The molecule has 0 aliphatic heterocycles. The molecule has 2 heterocycles. The lowest BCUT2D eigenvalue weighted by molar-refractivity contribution is 0.747. The fourth-order valence-electron chi connectivity index (χ4n) is 1.24. The predicted molar refractivity (Wildman–Crippen MR) is 59.9 cm³/mol. The Balaban J connectivity index is 2.30. The van der Waals surface area contributed by atoms with E-state index in [-0.39, 0.29) is 5.56 Å². The van der Waals surface area contributed by atoms with Crippen LogP contribution in [0.1, 0.15) is 5.69 Å². The molecule has 0 aliphatic rings. The molecule has 2 aromatic heterocycles. The molecule has 0 saturated carbocycles. The summed E-state index contributed by atoms with van der Waals surface area (Å²) in [5.41, 5.74) is 0.663. The van der Waals surface area contributed by atoms with Crippen molar-refractivity contribution in [1.29, 1.82) is 0 Å². The van der Waals surface area contributed by atoms with Crippen molar-refractivity contribution < 1.29 is 0 Å². The van der Waals surface area contributed by atoms with Crippen LogP contribution < -0.4 is 10.9 Å². The van der Waals surface area contributed by atoms with E-state index in [2.05, 4.69) is 16.2 Å². The number of rotatable bonds is 3. The molecule has 15 heavy (non-hydrogen) atoms. The second kappa shape index (κ2) is 4.26. The molecule has 5 heteroatoms. The van der Waals surface area contributed by atoms with Gasteiger partial charge in [-0.1, -0.05) is 5.92 Å². The van der Waals surface area contributed by atoms with Crippen LogP contribution in [0.25, 0.3) is 4.96 Å². The van der Waals surface area contributed by atoms with E-state index in [1.807, 2.05) is 5.38 Å². The van der Waals surface area contributed by atoms with Gasteiger partial charge in [0.05, 0.1) is 12.2 Å². The summed E-state index contributed by atoms with van der Waals surface area (Å²) in [4.78, 5) is 16.6. The third-order valence-electron chi connectivity index (χ3n) is 1.89. The first-order chi connectivity index (χ1) is 7.31. The maximum Gasteiger partial charge on any atom is 0.258 e. The molecule has 0 unspecified atom stereocenters. The molecule has 0 spiro atoms. The van der Waals surface area contributed by atoms with Gasteiger partial charge in [0, 0.05) is 24.2 Å². The molecular formula is C10H9N3OS. The first kappa shape index (κ1) is 9.90. The summed E-state index contributed by atoms with van der Waals surface area (Å²) in [6.07, 6.45) is 6.82. The van der Waals surface area contributed by atoms with E-state index >= 15 is 0 Å². The molecule has 0 aliphatic carbocycles. The topological polar surface area (TPSA) is 46.4 Å². The zero-order chi connectivity index (χ0) is 10.7. The van der Waals surface area contributed by atoms with E-state index in [9.17, 15) is 4.79 Å². The second-order valence-corrected chi connectivity index (χ2v) is 3.82. The molecule has 0 saturated heterocycles. The highest BCUT2D eigenvalue weighted by atomic mass is 32.1. The maximum atomic E-state index is 11.6. The number of fused-ring (bicyclic) bond motifs is 1. The average molecular weight is 219 g/mol. The Labute approximate surface area is 90.6 Å². The third kappa shape index (κ3) is 2.06. The van der Waals surface area contributed by atoms with Gasteiger partial charge in [-0.25, -0.2) is 4.98 Å². The molecule has 1 N–H and O–H groups in total. The fraction of sp³-hybridized carbons (Fsp3) is 0.200. The van der Waals surface area contributed by atoms with Crippen LogP contribution in [-0.2, 0) is 6.54 Å². The quantitative estimate of drug-likeness (QED) is 0.603. The molecule has 0 atom stereocenters. The summed E-state index contributed by atoms with van der Waals surface area (Å²) >= 11 is 1.44. The Morgan fingerprint density at radius 3 is 3.33 bits per heavy atom. The number of hydrogen-bond donors (Lipinski definition) is 1. The highest BCUT2D eigenvalue weighted by Crippen LogP contribution is 2.06. The van der Waals surface area contributed by atoms with Gasteiger partial charge in [0.1, 0.15) is 0 Å². The van der Waals surface area contributed by atoms with E-state index in [4.69, 9.17) is 6.42 Å². The van der Waals surface area contributed by atoms with Crippen molar-refractivity contribution in [3.05, 3.63) is 33.7 Å². The Kier molecular flexibility index (Phi) is 2.81. The molecule has 0 radical (unpaired) electrons. The summed E-state index contributed by atoms with van der Waals surface area (Å²) in [5, 5.41) is 4.83. The summed E-state index contributed by atoms with van der Waals surface area (Å²) in [6, 6.07) is 1.52. The van der Waals surface area contributed by atoms with Crippen molar-refractivity contribution in [1.82, 2.24) is 14.7 Å². The summed E-state index contributed by atoms with van der Waals surface area (Å²) in [6.45, 7) is 0.999. The van der Waals surface area contributed by atoms with Gasteiger partial charge < -0.3 is 5.32 Å². The lowest BCUT2D eigenvalue weighted by Crippen LogP contribution is -2.18. The second-order valence-electron chi connectivity index (χ2n) is 2.95. The van der Waals surface area contributed by atoms with Crippen molar-refractivity contribution in [2.24, 2.45) is 0 Å². The van der Waals surface area contributed by atoms with Crippen LogP contribution in [0.15, 0.2) is 22.4 Å². The zero-order valence-electron chi connectivity index (χ0n) is 7.93. The van der Waals surface area contributed by atoms with Gasteiger partial charge >= 0.3 is 0 Å². The number of thiazole rings is 1. The number of nitrogens with zero attached hydrogens (tertiary/aromatic N) is 2. The van der Waals surface area contributed by atoms with Gasteiger partial charge in [0.25, 0.3) is 5.56 Å². The summed E-state index contributed by atoms with van der Waals surface area (Å²) in [5.74, 6) is 2.47. The average Bonchev–Trinajstić information content (AvgIpc) is 2.66. The number of hydrogen-bond acceptors (Lipinski definition) is 4. The first-order valence-corrected chi connectivity index (χ1v) is 5.29. The van der Waals surface area contributed by atoms with Crippen LogP contribution in [0.4, 0.5) is 0 Å². The third-order valence-corrected chi connectivity index (χ3v) is 2.65. The molecule has 0 aromatic carbocycles. The van der Waals surface area contributed by atoms with Crippen molar-refractivity contribution in [2.45, 2.75) is 6.54 Å². The Bertz CT molecular complexity index is 564. The van der Waals surface area contributed by atoms with Gasteiger partial charge in [-0.3, -0.25) is 9.20 Å². The molecule has 2 aromatic rings. The minimum absolute atomic E-state index is 0.0567. The molecule has 0 fully saturated rings. The molecule has 0 bridgehead atoms. The number of nitrogens with one attached hydrogen (secondary N) is 1. The van der Waals surface area contributed by atoms with Crippen LogP contribution in [-0.4, -0.2) is 15.9 Å². The van der Waals surface area contributed by atoms with Gasteiger partial charge in [0.15, 0.2) is 4.96 Å². The SMILES string of the molecule is C#CCNCc1cc(=O)n2ccsc2n1. The van der Waals surface area contributed by atoms with Crippen LogP contribution in [0.2, 0.25) is 0 Å². The van der Waals surface area contributed by atoms with E-state index in [0.29, 0.717) is 18.1 Å². The van der Waals surface area contributed by atoms with Gasteiger partial charge in [-0.15, -0.1) is 17.8 Å². The molecule has 76 valence electrons. The number of aromatic nitrogens is 2. The molecule has 2 rings (SSSR count). The first-order valence-electron chi connectivity index (χ1n) is 4.41.